The Bertz CT molecular complexity index is 1340. The van der Waals surface area contributed by atoms with Crippen LogP contribution < -0.4 is 15.0 Å². The van der Waals surface area contributed by atoms with Crippen molar-refractivity contribution in [2.45, 2.75) is 6.61 Å². The van der Waals surface area contributed by atoms with E-state index in [0.29, 0.717) is 31.5 Å². The Labute approximate surface area is 221 Å². The number of halogens is 4. The number of benzene rings is 3. The van der Waals surface area contributed by atoms with E-state index in [9.17, 15) is 14.4 Å². The summed E-state index contributed by atoms with van der Waals surface area (Å²) in [4.78, 5) is 38.7. The van der Waals surface area contributed by atoms with Crippen molar-refractivity contribution >= 4 is 84.7 Å². The summed E-state index contributed by atoms with van der Waals surface area (Å²) in [7, 11) is 0. The number of anilines is 1. The van der Waals surface area contributed by atoms with Crippen LogP contribution in [-0.4, -0.2) is 17.8 Å². The molecule has 3 aromatic carbocycles. The second-order valence-corrected chi connectivity index (χ2v) is 9.76. The van der Waals surface area contributed by atoms with Crippen LogP contribution in [0.5, 0.6) is 5.75 Å². The van der Waals surface area contributed by atoms with Gasteiger partial charge in [-0.2, -0.15) is 0 Å². The van der Waals surface area contributed by atoms with Gasteiger partial charge in [0.25, 0.3) is 11.8 Å². The number of nitrogens with one attached hydrogen (secondary N) is 1. The minimum Gasteiger partial charge on any atom is -0.488 e. The minimum absolute atomic E-state index is 0.170. The highest BCUT2D eigenvalue weighted by atomic mass is 79.9. The molecule has 1 aliphatic heterocycles. The van der Waals surface area contributed by atoms with Crippen molar-refractivity contribution in [2.24, 2.45) is 0 Å². The highest BCUT2D eigenvalue weighted by Gasteiger charge is 2.36. The Balaban J connectivity index is 1.55. The van der Waals surface area contributed by atoms with Crippen molar-refractivity contribution in [3.63, 3.8) is 0 Å². The van der Waals surface area contributed by atoms with E-state index in [0.717, 1.165) is 14.9 Å². The maximum Gasteiger partial charge on any atom is 0.335 e. The molecule has 0 spiro atoms. The minimum atomic E-state index is -0.805. The van der Waals surface area contributed by atoms with Crippen LogP contribution in [0.15, 0.2) is 75.2 Å². The smallest absolute Gasteiger partial charge is 0.335 e. The zero-order valence-electron chi connectivity index (χ0n) is 17.2. The van der Waals surface area contributed by atoms with Gasteiger partial charge < -0.3 is 4.74 Å². The highest BCUT2D eigenvalue weighted by molar-refractivity contribution is 9.10. The lowest BCUT2D eigenvalue weighted by Crippen LogP contribution is -2.54. The quantitative estimate of drug-likeness (QED) is 0.251. The second kappa shape index (κ2) is 10.3. The summed E-state index contributed by atoms with van der Waals surface area (Å²) in [5, 5.41) is 3.24. The Morgan fingerprint density at radius 1 is 0.941 bits per heavy atom. The summed E-state index contributed by atoms with van der Waals surface area (Å²) in [6.07, 6.45) is 1.42. The van der Waals surface area contributed by atoms with Crippen LogP contribution in [0.1, 0.15) is 11.1 Å². The van der Waals surface area contributed by atoms with E-state index >= 15 is 0 Å². The Kier molecular flexibility index (Phi) is 7.42. The van der Waals surface area contributed by atoms with Crippen molar-refractivity contribution in [2.75, 3.05) is 4.90 Å². The van der Waals surface area contributed by atoms with Gasteiger partial charge in [0.05, 0.1) is 10.2 Å². The molecule has 1 fully saturated rings. The zero-order valence-corrected chi connectivity index (χ0v) is 21.8. The number of urea groups is 1. The van der Waals surface area contributed by atoms with Gasteiger partial charge in [-0.1, -0.05) is 51.3 Å². The van der Waals surface area contributed by atoms with Gasteiger partial charge in [-0.3, -0.25) is 14.9 Å². The Morgan fingerprint density at radius 2 is 1.68 bits per heavy atom. The van der Waals surface area contributed by atoms with Crippen molar-refractivity contribution in [1.29, 1.82) is 0 Å². The number of carbonyl (C=O) groups is 3. The molecule has 172 valence electrons. The summed E-state index contributed by atoms with van der Waals surface area (Å²) in [5.74, 6) is -0.943. The van der Waals surface area contributed by atoms with Gasteiger partial charge in [0.2, 0.25) is 0 Å². The zero-order chi connectivity index (χ0) is 24.4. The van der Waals surface area contributed by atoms with E-state index in [4.69, 9.17) is 27.9 Å². The fourth-order valence-electron chi connectivity index (χ4n) is 3.17. The number of hydrogen-bond acceptors (Lipinski definition) is 4. The van der Waals surface area contributed by atoms with E-state index in [2.05, 4.69) is 37.2 Å². The first-order valence-electron chi connectivity index (χ1n) is 9.76. The number of ether oxygens (including phenoxy) is 1. The third-order valence-electron chi connectivity index (χ3n) is 4.85. The molecule has 0 bridgehead atoms. The molecule has 3 aromatic rings. The van der Waals surface area contributed by atoms with Crippen LogP contribution in [0.4, 0.5) is 10.5 Å². The lowest BCUT2D eigenvalue weighted by molar-refractivity contribution is -0.122. The molecule has 0 atom stereocenters. The van der Waals surface area contributed by atoms with Crippen LogP contribution in [0.3, 0.4) is 0 Å². The summed E-state index contributed by atoms with van der Waals surface area (Å²) >= 11 is 18.9. The topological polar surface area (TPSA) is 75.7 Å². The predicted molar refractivity (Wildman–Crippen MR) is 138 cm³/mol. The summed E-state index contributed by atoms with van der Waals surface area (Å²) in [6, 6.07) is 16.0. The van der Waals surface area contributed by atoms with Crippen LogP contribution in [-0.2, 0) is 16.2 Å². The lowest BCUT2D eigenvalue weighted by atomic mass is 10.1. The molecule has 1 N–H and O–H groups in total. The fraction of sp³-hybridized carbons (Fsp3) is 0.0417. The average molecular weight is 625 g/mol. The summed E-state index contributed by atoms with van der Waals surface area (Å²) in [6.45, 7) is 0.222. The van der Waals surface area contributed by atoms with E-state index in [1.54, 1.807) is 60.7 Å². The second-order valence-electron chi connectivity index (χ2n) is 7.15. The first-order valence-corrected chi connectivity index (χ1v) is 12.1. The number of carbonyl (C=O) groups excluding carboxylic acids is 3. The van der Waals surface area contributed by atoms with Gasteiger partial charge in [0.1, 0.15) is 17.9 Å². The average Bonchev–Trinajstić information content (AvgIpc) is 2.78. The number of barbiturate groups is 1. The molecule has 0 aromatic heterocycles. The monoisotopic (exact) mass is 622 g/mol. The SMILES string of the molecule is O=C1NC(=O)N(c2ccc(Br)cc2)C(=O)/C1=C/c1ccc(OCc2ccc(Cl)cc2Cl)c(Br)c1. The number of imide groups is 2. The van der Waals surface area contributed by atoms with Crippen LogP contribution in [0.25, 0.3) is 6.08 Å². The molecule has 1 saturated heterocycles. The summed E-state index contributed by atoms with van der Waals surface area (Å²) in [5.41, 5.74) is 1.50. The van der Waals surface area contributed by atoms with E-state index in [1.165, 1.54) is 6.08 Å². The largest absolute Gasteiger partial charge is 0.488 e. The van der Waals surface area contributed by atoms with Gasteiger partial charge in [0.15, 0.2) is 0 Å². The third kappa shape index (κ3) is 5.36. The van der Waals surface area contributed by atoms with Crippen molar-refractivity contribution in [3.8, 4) is 5.75 Å². The Morgan fingerprint density at radius 3 is 2.35 bits per heavy atom. The standard InChI is InChI=1S/C24H14Br2Cl2N2O4/c25-15-3-6-17(7-4-15)30-23(32)18(22(31)29-24(30)33)9-13-1-8-21(19(26)10-13)34-12-14-2-5-16(27)11-20(14)28/h1-11H,12H2,(H,29,31,33)/b18-9+. The molecule has 0 unspecified atom stereocenters. The van der Waals surface area contributed by atoms with E-state index < -0.39 is 17.8 Å². The third-order valence-corrected chi connectivity index (χ3v) is 6.59. The van der Waals surface area contributed by atoms with Crippen molar-refractivity contribution < 1.29 is 19.1 Å². The number of rotatable bonds is 5. The number of hydrogen-bond donors (Lipinski definition) is 1. The number of amides is 4. The van der Waals surface area contributed by atoms with Gasteiger partial charge in [-0.25, -0.2) is 9.69 Å². The molecular formula is C24H14Br2Cl2N2O4. The maximum absolute atomic E-state index is 13.0. The molecule has 1 aliphatic rings. The summed E-state index contributed by atoms with van der Waals surface area (Å²) < 4.78 is 7.23. The molecule has 0 radical (unpaired) electrons. The first kappa shape index (κ1) is 24.5. The van der Waals surface area contributed by atoms with Gasteiger partial charge in [-0.15, -0.1) is 0 Å². The van der Waals surface area contributed by atoms with Gasteiger partial charge in [-0.05, 0) is 76.1 Å². The molecule has 34 heavy (non-hydrogen) atoms. The molecule has 1 heterocycles. The fourth-order valence-corrected chi connectivity index (χ4v) is 4.41. The van der Waals surface area contributed by atoms with Gasteiger partial charge >= 0.3 is 6.03 Å². The Hall–Kier alpha value is -2.65. The van der Waals surface area contributed by atoms with E-state index in [1.807, 2.05) is 0 Å². The van der Waals surface area contributed by atoms with Crippen molar-refractivity contribution in [1.82, 2.24) is 5.32 Å². The molecular weight excluding hydrogens is 611 g/mol. The molecule has 4 amide bonds. The van der Waals surface area contributed by atoms with Gasteiger partial charge in [0, 0.05) is 20.1 Å². The highest BCUT2D eigenvalue weighted by Crippen LogP contribution is 2.30. The van der Waals surface area contributed by atoms with Crippen molar-refractivity contribution in [3.05, 3.63) is 96.4 Å². The first-order chi connectivity index (χ1) is 16.2. The van der Waals surface area contributed by atoms with Crippen LogP contribution >= 0.6 is 55.1 Å². The molecule has 4 rings (SSSR count). The molecule has 10 heteroatoms. The number of nitrogens with zero attached hydrogens (tertiary/aromatic N) is 1. The maximum atomic E-state index is 13.0. The molecule has 6 nitrogen and oxygen atoms in total. The molecule has 0 saturated carbocycles. The normalized spacial score (nSPS) is 15.0. The molecule has 0 aliphatic carbocycles. The van der Waals surface area contributed by atoms with Crippen LogP contribution in [0, 0.1) is 0 Å². The predicted octanol–water partition coefficient (Wildman–Crippen LogP) is 6.76. The van der Waals surface area contributed by atoms with Crippen LogP contribution in [0.2, 0.25) is 10.0 Å². The van der Waals surface area contributed by atoms with E-state index in [-0.39, 0.29) is 12.2 Å². The lowest BCUT2D eigenvalue weighted by Gasteiger charge is -2.26.